The fraction of sp³-hybridized carbons (Fsp3) is 0.375. The van der Waals surface area contributed by atoms with Gasteiger partial charge in [-0.1, -0.05) is 43.7 Å². The Kier molecular flexibility index (Phi) is 6.95. The topological polar surface area (TPSA) is 87.7 Å². The summed E-state index contributed by atoms with van der Waals surface area (Å²) in [5.74, 6) is -0.218. The summed E-state index contributed by atoms with van der Waals surface area (Å²) in [6.07, 6.45) is 3.50. The maximum atomic E-state index is 13.0. The zero-order chi connectivity index (χ0) is 22.4. The predicted octanol–water partition coefficient (Wildman–Crippen LogP) is 3.53. The minimum absolute atomic E-state index is 0.263. The number of hydrogen-bond acceptors (Lipinski definition) is 4. The largest absolute Gasteiger partial charge is 0.496 e. The number of carbonyl (C=O) groups excluding carboxylic acids is 3. The Morgan fingerprint density at radius 2 is 1.84 bits per heavy atom. The quantitative estimate of drug-likeness (QED) is 0.604. The molecule has 1 aliphatic heterocycles. The van der Waals surface area contributed by atoms with E-state index in [9.17, 15) is 14.4 Å². The Hall–Kier alpha value is -3.35. The number of aryl methyl sites for hydroxylation is 1. The van der Waals surface area contributed by atoms with Crippen molar-refractivity contribution in [2.75, 3.05) is 19.0 Å². The van der Waals surface area contributed by atoms with Crippen LogP contribution in [0.3, 0.4) is 0 Å². The molecule has 164 valence electrons. The molecule has 0 spiro atoms. The highest BCUT2D eigenvalue weighted by Gasteiger charge is 2.48. The smallest absolute Gasteiger partial charge is 0.325 e. The Balaban J connectivity index is 1.63. The molecule has 0 unspecified atom stereocenters. The highest BCUT2D eigenvalue weighted by molar-refractivity contribution is 6.10. The van der Waals surface area contributed by atoms with Gasteiger partial charge in [-0.05, 0) is 49.1 Å². The van der Waals surface area contributed by atoms with Crippen molar-refractivity contribution in [3.63, 3.8) is 0 Å². The number of carbonyl (C=O) groups is 3. The third-order valence-electron chi connectivity index (χ3n) is 5.44. The fourth-order valence-electron chi connectivity index (χ4n) is 3.72. The Bertz CT molecular complexity index is 958. The van der Waals surface area contributed by atoms with Gasteiger partial charge in [-0.3, -0.25) is 14.5 Å². The molecule has 2 aromatic carbocycles. The number of amides is 4. The lowest BCUT2D eigenvalue weighted by Crippen LogP contribution is -2.46. The fourth-order valence-corrected chi connectivity index (χ4v) is 3.72. The predicted molar refractivity (Wildman–Crippen MR) is 119 cm³/mol. The van der Waals surface area contributed by atoms with Crippen LogP contribution in [0.1, 0.15) is 37.8 Å². The van der Waals surface area contributed by atoms with Gasteiger partial charge in [0.2, 0.25) is 5.91 Å². The Morgan fingerprint density at radius 1 is 1.13 bits per heavy atom. The number of unbranched alkanes of at least 4 members (excludes halogenated alkanes) is 1. The second-order valence-electron chi connectivity index (χ2n) is 7.99. The van der Waals surface area contributed by atoms with Gasteiger partial charge in [-0.2, -0.15) is 0 Å². The lowest BCUT2D eigenvalue weighted by Gasteiger charge is -2.22. The number of urea groups is 1. The molecule has 2 aromatic rings. The van der Waals surface area contributed by atoms with Crippen molar-refractivity contribution in [2.24, 2.45) is 0 Å². The minimum Gasteiger partial charge on any atom is -0.496 e. The first-order valence-electron chi connectivity index (χ1n) is 10.5. The van der Waals surface area contributed by atoms with Crippen molar-refractivity contribution in [1.82, 2.24) is 10.2 Å². The number of imide groups is 1. The van der Waals surface area contributed by atoms with Gasteiger partial charge >= 0.3 is 6.03 Å². The summed E-state index contributed by atoms with van der Waals surface area (Å²) in [6.45, 7) is 3.46. The number of ether oxygens (including phenoxy) is 1. The van der Waals surface area contributed by atoms with Crippen LogP contribution >= 0.6 is 0 Å². The first kappa shape index (κ1) is 22.3. The van der Waals surface area contributed by atoms with Gasteiger partial charge in [0, 0.05) is 12.1 Å². The molecular formula is C24H29N3O4. The van der Waals surface area contributed by atoms with Crippen LogP contribution in [-0.4, -0.2) is 41.9 Å². The number of rotatable bonds is 9. The average molecular weight is 424 g/mol. The van der Waals surface area contributed by atoms with E-state index in [0.717, 1.165) is 29.7 Å². The highest BCUT2D eigenvalue weighted by Crippen LogP contribution is 2.27. The monoisotopic (exact) mass is 423 g/mol. The Morgan fingerprint density at radius 3 is 2.52 bits per heavy atom. The molecule has 1 heterocycles. The molecule has 3 rings (SSSR count). The minimum atomic E-state index is -1.15. The van der Waals surface area contributed by atoms with E-state index in [1.54, 1.807) is 20.1 Å². The van der Waals surface area contributed by atoms with Crippen LogP contribution in [0.15, 0.2) is 48.5 Å². The molecule has 1 saturated heterocycles. The number of benzene rings is 2. The Labute approximate surface area is 182 Å². The van der Waals surface area contributed by atoms with E-state index in [4.69, 9.17) is 4.74 Å². The summed E-state index contributed by atoms with van der Waals surface area (Å²) >= 11 is 0. The zero-order valence-corrected chi connectivity index (χ0v) is 18.2. The van der Waals surface area contributed by atoms with Crippen molar-refractivity contribution in [3.05, 3.63) is 59.7 Å². The van der Waals surface area contributed by atoms with Gasteiger partial charge in [0.15, 0.2) is 0 Å². The summed E-state index contributed by atoms with van der Waals surface area (Å²) in [7, 11) is 1.56. The van der Waals surface area contributed by atoms with Crippen LogP contribution in [0.2, 0.25) is 0 Å². The lowest BCUT2D eigenvalue weighted by molar-refractivity contribution is -0.133. The number of hydrogen-bond donors (Lipinski definition) is 2. The molecule has 0 bridgehead atoms. The van der Waals surface area contributed by atoms with Crippen LogP contribution in [0, 0.1) is 0 Å². The zero-order valence-electron chi connectivity index (χ0n) is 18.2. The number of nitrogens with one attached hydrogen (secondary N) is 2. The van der Waals surface area contributed by atoms with Gasteiger partial charge in [-0.25, -0.2) is 4.79 Å². The summed E-state index contributed by atoms with van der Waals surface area (Å²) in [5.41, 5.74) is 1.50. The van der Waals surface area contributed by atoms with Crippen molar-refractivity contribution in [1.29, 1.82) is 0 Å². The van der Waals surface area contributed by atoms with E-state index in [1.165, 1.54) is 5.56 Å². The molecule has 2 N–H and O–H groups in total. The summed E-state index contributed by atoms with van der Waals surface area (Å²) in [5, 5.41) is 5.48. The second-order valence-corrected chi connectivity index (χ2v) is 7.99. The van der Waals surface area contributed by atoms with Gasteiger partial charge < -0.3 is 15.4 Å². The van der Waals surface area contributed by atoms with E-state index in [2.05, 4.69) is 17.6 Å². The van der Waals surface area contributed by atoms with Crippen molar-refractivity contribution >= 4 is 23.5 Å². The molecule has 4 amide bonds. The lowest BCUT2D eigenvalue weighted by atomic mass is 9.92. The standard InChI is InChI=1S/C24H29N3O4/c1-4-5-8-17-11-13-19(14-12-17)25-21(28)16-27-22(29)24(2,26-23(27)30)15-18-9-6-7-10-20(18)31-3/h6-7,9-14H,4-5,8,15-16H2,1-3H3,(H,25,28)(H,26,30)/t24-/m0/s1. The molecule has 1 aliphatic rings. The summed E-state index contributed by atoms with van der Waals surface area (Å²) in [6, 6.07) is 14.4. The van der Waals surface area contributed by atoms with E-state index in [-0.39, 0.29) is 13.0 Å². The van der Waals surface area contributed by atoms with Crippen LogP contribution < -0.4 is 15.4 Å². The average Bonchev–Trinajstić information content (AvgIpc) is 2.96. The second kappa shape index (κ2) is 9.64. The molecule has 7 heteroatoms. The van der Waals surface area contributed by atoms with E-state index in [1.807, 2.05) is 42.5 Å². The van der Waals surface area contributed by atoms with Crippen LogP contribution in [0.5, 0.6) is 5.75 Å². The molecular weight excluding hydrogens is 394 g/mol. The highest BCUT2D eigenvalue weighted by atomic mass is 16.5. The number of para-hydroxylation sites is 1. The molecule has 1 atom stereocenters. The molecule has 0 aromatic heterocycles. The molecule has 0 aliphatic carbocycles. The van der Waals surface area contributed by atoms with Crippen molar-refractivity contribution in [2.45, 2.75) is 45.1 Å². The molecule has 7 nitrogen and oxygen atoms in total. The maximum absolute atomic E-state index is 13.0. The van der Waals surface area contributed by atoms with E-state index < -0.39 is 23.4 Å². The van der Waals surface area contributed by atoms with Gasteiger partial charge in [-0.15, -0.1) is 0 Å². The number of anilines is 1. The van der Waals surface area contributed by atoms with E-state index in [0.29, 0.717) is 11.4 Å². The third kappa shape index (κ3) is 5.23. The normalized spacial score (nSPS) is 18.1. The third-order valence-corrected chi connectivity index (χ3v) is 5.44. The van der Waals surface area contributed by atoms with Gasteiger partial charge in [0.05, 0.1) is 7.11 Å². The maximum Gasteiger partial charge on any atom is 0.325 e. The van der Waals surface area contributed by atoms with Gasteiger partial charge in [0.1, 0.15) is 17.8 Å². The van der Waals surface area contributed by atoms with Crippen LogP contribution in [-0.2, 0) is 22.4 Å². The van der Waals surface area contributed by atoms with Crippen LogP contribution in [0.4, 0.5) is 10.5 Å². The summed E-state index contributed by atoms with van der Waals surface area (Å²) < 4.78 is 5.35. The van der Waals surface area contributed by atoms with Crippen LogP contribution in [0.25, 0.3) is 0 Å². The number of nitrogens with zero attached hydrogens (tertiary/aromatic N) is 1. The van der Waals surface area contributed by atoms with Crippen molar-refractivity contribution < 1.29 is 19.1 Å². The molecule has 31 heavy (non-hydrogen) atoms. The van der Waals surface area contributed by atoms with Crippen molar-refractivity contribution in [3.8, 4) is 5.75 Å². The molecule has 0 saturated carbocycles. The first-order valence-corrected chi connectivity index (χ1v) is 10.5. The molecule has 1 fully saturated rings. The summed E-state index contributed by atoms with van der Waals surface area (Å²) in [4.78, 5) is 38.9. The van der Waals surface area contributed by atoms with Gasteiger partial charge in [0.25, 0.3) is 5.91 Å². The number of methoxy groups -OCH3 is 1. The SMILES string of the molecule is CCCCc1ccc(NC(=O)CN2C(=O)N[C@@](C)(Cc3ccccc3OC)C2=O)cc1. The molecule has 0 radical (unpaired) electrons. The van der Waals surface area contributed by atoms with E-state index >= 15 is 0 Å². The first-order chi connectivity index (χ1) is 14.9.